The Morgan fingerprint density at radius 1 is 1.40 bits per heavy atom. The predicted octanol–water partition coefficient (Wildman–Crippen LogP) is 2.75. The van der Waals surface area contributed by atoms with E-state index in [0.717, 1.165) is 10.0 Å². The van der Waals surface area contributed by atoms with Crippen molar-refractivity contribution in [2.24, 2.45) is 0 Å². The Balaban J connectivity index is 2.57. The first-order chi connectivity index (χ1) is 9.43. The molecule has 7 heteroatoms. The highest BCUT2D eigenvalue weighted by molar-refractivity contribution is 9.10. The van der Waals surface area contributed by atoms with Crippen molar-refractivity contribution in [3.05, 3.63) is 22.2 Å². The number of halogens is 1. The number of anilines is 1. The lowest BCUT2D eigenvalue weighted by Crippen LogP contribution is -2.30. The maximum absolute atomic E-state index is 11.7. The Bertz CT molecular complexity index is 505. The maximum atomic E-state index is 11.7. The van der Waals surface area contributed by atoms with Crippen molar-refractivity contribution in [3.63, 3.8) is 0 Å². The minimum Gasteiger partial charge on any atom is -0.495 e. The second-order valence-corrected chi connectivity index (χ2v) is 5.03. The van der Waals surface area contributed by atoms with Crippen molar-refractivity contribution in [2.45, 2.75) is 19.8 Å². The number of carbonyl (C=O) groups is 2. The number of aliphatic carboxylic acids is 1. The Morgan fingerprint density at radius 3 is 2.70 bits per heavy atom. The van der Waals surface area contributed by atoms with Crippen LogP contribution in [0.4, 0.5) is 10.5 Å². The molecule has 0 bridgehead atoms. The van der Waals surface area contributed by atoms with Gasteiger partial charge in [0.15, 0.2) is 0 Å². The lowest BCUT2D eigenvalue weighted by Gasteiger charge is -2.13. The summed E-state index contributed by atoms with van der Waals surface area (Å²) in [5.74, 6) is -0.317. The number of urea groups is 1. The molecule has 0 heterocycles. The highest BCUT2D eigenvalue weighted by Gasteiger charge is 2.09. The van der Waals surface area contributed by atoms with Crippen LogP contribution in [0.15, 0.2) is 16.6 Å². The fourth-order valence-electron chi connectivity index (χ4n) is 1.53. The highest BCUT2D eigenvalue weighted by atomic mass is 79.9. The molecule has 1 rings (SSSR count). The molecule has 20 heavy (non-hydrogen) atoms. The zero-order valence-electron chi connectivity index (χ0n) is 11.3. The van der Waals surface area contributed by atoms with E-state index in [-0.39, 0.29) is 6.42 Å². The Kier molecular flexibility index (Phi) is 6.30. The minimum absolute atomic E-state index is 0.0275. The van der Waals surface area contributed by atoms with Crippen molar-refractivity contribution < 1.29 is 19.4 Å². The van der Waals surface area contributed by atoms with Gasteiger partial charge in [0, 0.05) is 17.4 Å². The summed E-state index contributed by atoms with van der Waals surface area (Å²) in [6, 6.07) is 3.17. The molecule has 0 fully saturated rings. The van der Waals surface area contributed by atoms with Gasteiger partial charge in [-0.15, -0.1) is 0 Å². The van der Waals surface area contributed by atoms with Crippen molar-refractivity contribution in [1.29, 1.82) is 0 Å². The van der Waals surface area contributed by atoms with Crippen LogP contribution in [0.25, 0.3) is 0 Å². The van der Waals surface area contributed by atoms with E-state index in [2.05, 4.69) is 26.6 Å². The largest absolute Gasteiger partial charge is 0.495 e. The summed E-state index contributed by atoms with van der Waals surface area (Å²) in [5, 5.41) is 13.7. The van der Waals surface area contributed by atoms with Crippen LogP contribution in [0.3, 0.4) is 0 Å². The monoisotopic (exact) mass is 344 g/mol. The van der Waals surface area contributed by atoms with Crippen LogP contribution in [0, 0.1) is 6.92 Å². The molecule has 0 atom stereocenters. The van der Waals surface area contributed by atoms with Crippen LogP contribution in [0.2, 0.25) is 0 Å². The molecule has 0 spiro atoms. The average Bonchev–Trinajstić information content (AvgIpc) is 2.38. The summed E-state index contributed by atoms with van der Waals surface area (Å²) >= 11 is 3.39. The number of carbonyl (C=O) groups excluding carboxylic acids is 1. The summed E-state index contributed by atoms with van der Waals surface area (Å²) in [6.07, 6.45) is 0.414. The molecule has 0 aliphatic rings. The molecular weight excluding hydrogens is 328 g/mol. The van der Waals surface area contributed by atoms with Gasteiger partial charge in [-0.25, -0.2) is 4.79 Å². The third-order valence-electron chi connectivity index (χ3n) is 2.58. The predicted molar refractivity (Wildman–Crippen MR) is 79.3 cm³/mol. The molecule has 3 N–H and O–H groups in total. The normalized spacial score (nSPS) is 9.95. The van der Waals surface area contributed by atoms with E-state index in [0.29, 0.717) is 24.4 Å². The second-order valence-electron chi connectivity index (χ2n) is 4.18. The molecule has 0 aromatic heterocycles. The third-order valence-corrected chi connectivity index (χ3v) is 3.44. The second kappa shape index (κ2) is 7.74. The van der Waals surface area contributed by atoms with E-state index in [4.69, 9.17) is 9.84 Å². The van der Waals surface area contributed by atoms with E-state index < -0.39 is 12.0 Å². The number of amides is 2. The summed E-state index contributed by atoms with van der Waals surface area (Å²) in [4.78, 5) is 22.0. The first kappa shape index (κ1) is 16.3. The Morgan fingerprint density at radius 2 is 2.10 bits per heavy atom. The minimum atomic E-state index is -0.878. The topological polar surface area (TPSA) is 87.7 Å². The van der Waals surface area contributed by atoms with Gasteiger partial charge in [-0.3, -0.25) is 4.79 Å². The number of nitrogens with one attached hydrogen (secondary N) is 2. The van der Waals surface area contributed by atoms with E-state index in [1.807, 2.05) is 13.0 Å². The quantitative estimate of drug-likeness (QED) is 0.692. The lowest BCUT2D eigenvalue weighted by atomic mass is 10.2. The molecule has 1 aromatic carbocycles. The summed E-state index contributed by atoms with van der Waals surface area (Å²) in [7, 11) is 1.53. The van der Waals surface area contributed by atoms with Gasteiger partial charge < -0.3 is 20.5 Å². The molecule has 6 nitrogen and oxygen atoms in total. The standard InChI is InChI=1S/C13H17BrN2O4/c1-8-6-11(20-2)10(7-9(8)14)16-13(19)15-5-3-4-12(17)18/h6-7H,3-5H2,1-2H3,(H,17,18)(H2,15,16,19). The number of ether oxygens (including phenoxy) is 1. The summed E-state index contributed by atoms with van der Waals surface area (Å²) in [6.45, 7) is 2.22. The van der Waals surface area contributed by atoms with Gasteiger partial charge in [-0.2, -0.15) is 0 Å². The number of hydrogen-bond acceptors (Lipinski definition) is 3. The van der Waals surface area contributed by atoms with E-state index in [1.54, 1.807) is 6.07 Å². The third kappa shape index (κ3) is 5.08. The number of benzene rings is 1. The van der Waals surface area contributed by atoms with Crippen molar-refractivity contribution in [1.82, 2.24) is 5.32 Å². The SMILES string of the molecule is COc1cc(C)c(Br)cc1NC(=O)NCCCC(=O)O. The first-order valence-corrected chi connectivity index (χ1v) is 6.84. The molecule has 1 aromatic rings. The molecule has 0 unspecified atom stereocenters. The van der Waals surface area contributed by atoms with E-state index in [1.165, 1.54) is 7.11 Å². The van der Waals surface area contributed by atoms with Crippen LogP contribution in [0.5, 0.6) is 5.75 Å². The number of methoxy groups -OCH3 is 1. The van der Waals surface area contributed by atoms with Crippen LogP contribution in [-0.4, -0.2) is 30.8 Å². The molecule has 110 valence electrons. The van der Waals surface area contributed by atoms with Crippen LogP contribution < -0.4 is 15.4 Å². The number of hydrogen-bond donors (Lipinski definition) is 3. The smallest absolute Gasteiger partial charge is 0.319 e. The van der Waals surface area contributed by atoms with Gasteiger partial charge in [0.1, 0.15) is 5.75 Å². The molecular formula is C13H17BrN2O4. The number of carboxylic acid groups (broad SMARTS) is 1. The van der Waals surface area contributed by atoms with Crippen LogP contribution >= 0.6 is 15.9 Å². The lowest BCUT2D eigenvalue weighted by molar-refractivity contribution is -0.137. The number of carboxylic acids is 1. The van der Waals surface area contributed by atoms with Gasteiger partial charge in [0.25, 0.3) is 0 Å². The van der Waals surface area contributed by atoms with Crippen LogP contribution in [0.1, 0.15) is 18.4 Å². The highest BCUT2D eigenvalue weighted by Crippen LogP contribution is 2.30. The van der Waals surface area contributed by atoms with Gasteiger partial charge >= 0.3 is 12.0 Å². The van der Waals surface area contributed by atoms with Gasteiger partial charge in [0.05, 0.1) is 12.8 Å². The maximum Gasteiger partial charge on any atom is 0.319 e. The van der Waals surface area contributed by atoms with E-state index in [9.17, 15) is 9.59 Å². The van der Waals surface area contributed by atoms with Gasteiger partial charge in [-0.05, 0) is 31.0 Å². The molecule has 0 saturated heterocycles. The molecule has 0 saturated carbocycles. The van der Waals surface area contributed by atoms with Crippen LogP contribution in [-0.2, 0) is 4.79 Å². The first-order valence-electron chi connectivity index (χ1n) is 6.05. The van der Waals surface area contributed by atoms with Gasteiger partial charge in [0.2, 0.25) is 0 Å². The zero-order valence-corrected chi connectivity index (χ0v) is 12.9. The van der Waals surface area contributed by atoms with Crippen molar-refractivity contribution in [2.75, 3.05) is 19.0 Å². The average molecular weight is 345 g/mol. The Hall–Kier alpha value is -1.76. The molecule has 2 amide bonds. The van der Waals surface area contributed by atoms with E-state index >= 15 is 0 Å². The van der Waals surface area contributed by atoms with Crippen molar-refractivity contribution in [3.8, 4) is 5.75 Å². The number of rotatable bonds is 6. The molecule has 0 aliphatic carbocycles. The van der Waals surface area contributed by atoms with Crippen molar-refractivity contribution >= 4 is 33.6 Å². The zero-order chi connectivity index (χ0) is 15.1. The fourth-order valence-corrected chi connectivity index (χ4v) is 1.87. The molecule has 0 aliphatic heterocycles. The molecule has 0 radical (unpaired) electrons. The number of aryl methyl sites for hydroxylation is 1. The summed E-state index contributed by atoms with van der Waals surface area (Å²) in [5.41, 5.74) is 1.54. The fraction of sp³-hybridized carbons (Fsp3) is 0.385. The Labute approximate surface area is 125 Å². The van der Waals surface area contributed by atoms with Gasteiger partial charge in [-0.1, -0.05) is 15.9 Å². The summed E-state index contributed by atoms with van der Waals surface area (Å²) < 4.78 is 6.06.